The molecule has 0 saturated carbocycles. The second-order valence-corrected chi connectivity index (χ2v) is 4.90. The number of nitrogens with zero attached hydrogens (tertiary/aromatic N) is 1. The minimum atomic E-state index is 0.339. The van der Waals surface area contributed by atoms with Crippen molar-refractivity contribution in [3.05, 3.63) is 42.0 Å². The number of rotatable bonds is 3. The molecule has 2 nitrogen and oxygen atoms in total. The molecular weight excluding hydrogens is 210 g/mol. The van der Waals surface area contributed by atoms with Crippen LogP contribution in [0.5, 0.6) is 0 Å². The van der Waals surface area contributed by atoms with E-state index in [0.717, 1.165) is 19.6 Å². The van der Waals surface area contributed by atoms with Gasteiger partial charge in [-0.05, 0) is 25.0 Å². The molecule has 0 bridgehead atoms. The van der Waals surface area contributed by atoms with Crippen molar-refractivity contribution in [3.63, 3.8) is 0 Å². The van der Waals surface area contributed by atoms with E-state index in [4.69, 9.17) is 4.74 Å². The Balaban J connectivity index is 1.97. The van der Waals surface area contributed by atoms with E-state index < -0.39 is 0 Å². The maximum Gasteiger partial charge on any atom is 0.0678 e. The molecule has 1 fully saturated rings. The summed E-state index contributed by atoms with van der Waals surface area (Å²) in [5.41, 5.74) is 2.54. The Kier molecular flexibility index (Phi) is 3.97. The first-order chi connectivity index (χ1) is 8.17. The van der Waals surface area contributed by atoms with E-state index in [2.05, 4.69) is 49.6 Å². The fourth-order valence-electron chi connectivity index (χ4n) is 2.43. The predicted molar refractivity (Wildman–Crippen MR) is 71.8 cm³/mol. The molecule has 0 unspecified atom stereocenters. The number of hydrogen-bond acceptors (Lipinski definition) is 2. The molecule has 1 aliphatic heterocycles. The van der Waals surface area contributed by atoms with Gasteiger partial charge in [0.25, 0.3) is 0 Å². The zero-order chi connectivity index (χ0) is 12.3. The highest BCUT2D eigenvalue weighted by molar-refractivity contribution is 5.47. The first kappa shape index (κ1) is 12.3. The SMILES string of the molecule is C=Cc1ccc(CN2C[C@@H](C)O[C@@H](C)C2)cc1. The summed E-state index contributed by atoms with van der Waals surface area (Å²) >= 11 is 0. The van der Waals surface area contributed by atoms with Gasteiger partial charge in [-0.25, -0.2) is 0 Å². The maximum absolute atomic E-state index is 5.74. The van der Waals surface area contributed by atoms with Crippen molar-refractivity contribution in [2.45, 2.75) is 32.6 Å². The third-order valence-corrected chi connectivity index (χ3v) is 3.12. The second kappa shape index (κ2) is 5.48. The van der Waals surface area contributed by atoms with E-state index in [0.29, 0.717) is 12.2 Å². The van der Waals surface area contributed by atoms with E-state index in [1.807, 2.05) is 6.08 Å². The summed E-state index contributed by atoms with van der Waals surface area (Å²) in [7, 11) is 0. The molecular formula is C15H21NO. The van der Waals surface area contributed by atoms with Crippen molar-refractivity contribution in [2.75, 3.05) is 13.1 Å². The molecule has 2 heteroatoms. The first-order valence-electron chi connectivity index (χ1n) is 6.26. The fourth-order valence-corrected chi connectivity index (χ4v) is 2.43. The summed E-state index contributed by atoms with van der Waals surface area (Å²) in [6.07, 6.45) is 2.56. The molecule has 2 rings (SSSR count). The van der Waals surface area contributed by atoms with E-state index in [9.17, 15) is 0 Å². The lowest BCUT2D eigenvalue weighted by atomic mass is 10.1. The molecule has 0 N–H and O–H groups in total. The normalized spacial score (nSPS) is 25.8. The van der Waals surface area contributed by atoms with Gasteiger partial charge in [-0.15, -0.1) is 0 Å². The van der Waals surface area contributed by atoms with Gasteiger partial charge in [-0.1, -0.05) is 36.9 Å². The van der Waals surface area contributed by atoms with Crippen LogP contribution in [0.15, 0.2) is 30.8 Å². The molecule has 0 aliphatic carbocycles. The molecule has 0 spiro atoms. The predicted octanol–water partition coefficient (Wildman–Crippen LogP) is 2.94. The molecule has 1 aromatic carbocycles. The Morgan fingerprint density at radius 1 is 1.24 bits per heavy atom. The Morgan fingerprint density at radius 3 is 2.35 bits per heavy atom. The minimum Gasteiger partial charge on any atom is -0.373 e. The average molecular weight is 231 g/mol. The molecule has 1 saturated heterocycles. The molecule has 92 valence electrons. The highest BCUT2D eigenvalue weighted by Gasteiger charge is 2.21. The van der Waals surface area contributed by atoms with Crippen LogP contribution in [-0.4, -0.2) is 30.2 Å². The first-order valence-corrected chi connectivity index (χ1v) is 6.26. The van der Waals surface area contributed by atoms with Crippen LogP contribution in [0, 0.1) is 0 Å². The summed E-state index contributed by atoms with van der Waals surface area (Å²) < 4.78 is 5.74. The van der Waals surface area contributed by atoms with Crippen LogP contribution in [-0.2, 0) is 11.3 Å². The quantitative estimate of drug-likeness (QED) is 0.793. The zero-order valence-corrected chi connectivity index (χ0v) is 10.7. The standard InChI is InChI=1S/C15H21NO/c1-4-14-5-7-15(8-6-14)11-16-9-12(2)17-13(3)10-16/h4-8,12-13H,1,9-11H2,2-3H3/t12-,13+. The summed E-state index contributed by atoms with van der Waals surface area (Å²) in [6, 6.07) is 8.61. The summed E-state index contributed by atoms with van der Waals surface area (Å²) in [4.78, 5) is 2.46. The van der Waals surface area contributed by atoms with Crippen LogP contribution in [0.1, 0.15) is 25.0 Å². The second-order valence-electron chi connectivity index (χ2n) is 4.90. The topological polar surface area (TPSA) is 12.5 Å². The smallest absolute Gasteiger partial charge is 0.0678 e. The van der Waals surface area contributed by atoms with E-state index in [-0.39, 0.29) is 0 Å². The van der Waals surface area contributed by atoms with Gasteiger partial charge in [0.15, 0.2) is 0 Å². The van der Waals surface area contributed by atoms with Gasteiger partial charge < -0.3 is 4.74 Å². The Bertz CT molecular complexity index is 361. The minimum absolute atomic E-state index is 0.339. The lowest BCUT2D eigenvalue weighted by Gasteiger charge is -2.35. The van der Waals surface area contributed by atoms with Gasteiger partial charge in [0.1, 0.15) is 0 Å². The third kappa shape index (κ3) is 3.42. The number of hydrogen-bond donors (Lipinski definition) is 0. The van der Waals surface area contributed by atoms with Crippen LogP contribution in [0.4, 0.5) is 0 Å². The summed E-state index contributed by atoms with van der Waals surface area (Å²) in [5, 5.41) is 0. The monoisotopic (exact) mass is 231 g/mol. The average Bonchev–Trinajstić information content (AvgIpc) is 2.28. The van der Waals surface area contributed by atoms with Gasteiger partial charge in [0.05, 0.1) is 12.2 Å². The Morgan fingerprint density at radius 2 is 1.82 bits per heavy atom. The molecule has 1 aliphatic rings. The third-order valence-electron chi connectivity index (χ3n) is 3.12. The van der Waals surface area contributed by atoms with Crippen molar-refractivity contribution in [1.82, 2.24) is 4.90 Å². The molecule has 0 amide bonds. The lowest BCUT2D eigenvalue weighted by Crippen LogP contribution is -2.44. The number of morpholine rings is 1. The van der Waals surface area contributed by atoms with Crippen molar-refractivity contribution in [1.29, 1.82) is 0 Å². The van der Waals surface area contributed by atoms with Gasteiger partial charge in [0.2, 0.25) is 0 Å². The molecule has 1 heterocycles. The van der Waals surface area contributed by atoms with Crippen LogP contribution < -0.4 is 0 Å². The van der Waals surface area contributed by atoms with Crippen molar-refractivity contribution < 1.29 is 4.74 Å². The number of ether oxygens (including phenoxy) is 1. The van der Waals surface area contributed by atoms with Crippen LogP contribution in [0.3, 0.4) is 0 Å². The molecule has 1 aromatic rings. The summed E-state index contributed by atoms with van der Waals surface area (Å²) in [5.74, 6) is 0. The Labute approximate surface area is 104 Å². The lowest BCUT2D eigenvalue weighted by molar-refractivity contribution is -0.0704. The molecule has 0 radical (unpaired) electrons. The molecule has 2 atom stereocenters. The summed E-state index contributed by atoms with van der Waals surface area (Å²) in [6.45, 7) is 11.1. The molecule has 0 aromatic heterocycles. The van der Waals surface area contributed by atoms with Crippen LogP contribution >= 0.6 is 0 Å². The van der Waals surface area contributed by atoms with Crippen LogP contribution in [0.25, 0.3) is 6.08 Å². The Hall–Kier alpha value is -1.12. The van der Waals surface area contributed by atoms with Crippen LogP contribution in [0.2, 0.25) is 0 Å². The van der Waals surface area contributed by atoms with E-state index in [1.54, 1.807) is 0 Å². The zero-order valence-electron chi connectivity index (χ0n) is 10.7. The highest BCUT2D eigenvalue weighted by Crippen LogP contribution is 2.14. The van der Waals surface area contributed by atoms with E-state index >= 15 is 0 Å². The van der Waals surface area contributed by atoms with Gasteiger partial charge >= 0.3 is 0 Å². The van der Waals surface area contributed by atoms with Crippen molar-refractivity contribution >= 4 is 6.08 Å². The van der Waals surface area contributed by atoms with Crippen molar-refractivity contribution in [3.8, 4) is 0 Å². The fraction of sp³-hybridized carbons (Fsp3) is 0.467. The largest absolute Gasteiger partial charge is 0.373 e. The maximum atomic E-state index is 5.74. The van der Waals surface area contributed by atoms with E-state index in [1.165, 1.54) is 11.1 Å². The highest BCUT2D eigenvalue weighted by atomic mass is 16.5. The number of benzene rings is 1. The molecule has 17 heavy (non-hydrogen) atoms. The van der Waals surface area contributed by atoms with Crippen molar-refractivity contribution in [2.24, 2.45) is 0 Å². The van der Waals surface area contributed by atoms with Gasteiger partial charge in [-0.3, -0.25) is 4.90 Å². The van der Waals surface area contributed by atoms with Gasteiger partial charge in [0, 0.05) is 19.6 Å². The van der Waals surface area contributed by atoms with Gasteiger partial charge in [-0.2, -0.15) is 0 Å².